The van der Waals surface area contributed by atoms with Crippen molar-refractivity contribution in [3.63, 3.8) is 0 Å². The Labute approximate surface area is 121 Å². The van der Waals surface area contributed by atoms with Gasteiger partial charge in [-0.25, -0.2) is 0 Å². The van der Waals surface area contributed by atoms with Gasteiger partial charge in [-0.3, -0.25) is 0 Å². The fourth-order valence-electron chi connectivity index (χ4n) is 2.82. The smallest absolute Gasteiger partial charge is 0.0348 e. The zero-order valence-electron chi connectivity index (χ0n) is 12.9. The van der Waals surface area contributed by atoms with Gasteiger partial charge in [0.15, 0.2) is 0 Å². The van der Waals surface area contributed by atoms with Crippen LogP contribution in [0.4, 0.5) is 0 Å². The topological polar surface area (TPSA) is 0 Å². The van der Waals surface area contributed by atoms with Crippen LogP contribution in [0, 0.1) is 0 Å². The van der Waals surface area contributed by atoms with E-state index in [4.69, 9.17) is 0 Å². The third kappa shape index (κ3) is 12.3. The Morgan fingerprint density at radius 2 is 0.579 bits per heavy atom. The lowest BCUT2D eigenvalue weighted by atomic mass is 10.0. The molecule has 0 unspecified atom stereocenters. The predicted octanol–water partition coefficient (Wildman–Crippen LogP) is 6.96. The molecule has 0 aromatic heterocycles. The summed E-state index contributed by atoms with van der Waals surface area (Å²) < 4.78 is 0. The Bertz CT molecular complexity index is 200. The van der Waals surface area contributed by atoms with Gasteiger partial charge in [0.25, 0.3) is 0 Å². The van der Waals surface area contributed by atoms with Gasteiger partial charge in [0.1, 0.15) is 0 Å². The number of hydrogen-bond donors (Lipinski definition) is 0. The number of hydrogen-bond acceptors (Lipinski definition) is 0. The summed E-state index contributed by atoms with van der Waals surface area (Å²) in [5.74, 6) is 0. The maximum Gasteiger partial charge on any atom is -0.0348 e. The van der Waals surface area contributed by atoms with E-state index in [9.17, 15) is 0 Å². The van der Waals surface area contributed by atoms with Crippen LogP contribution >= 0.6 is 0 Å². The molecule has 0 atom stereocenters. The molecule has 0 heteroatoms. The van der Waals surface area contributed by atoms with Crippen molar-refractivity contribution in [1.29, 1.82) is 0 Å². The quantitative estimate of drug-likeness (QED) is 0.442. The van der Waals surface area contributed by atoms with Crippen molar-refractivity contribution in [2.45, 2.75) is 96.3 Å². The Balaban J connectivity index is 2.12. The van der Waals surface area contributed by atoms with E-state index in [1.165, 1.54) is 96.3 Å². The van der Waals surface area contributed by atoms with Crippen molar-refractivity contribution in [3.8, 4) is 0 Å². The summed E-state index contributed by atoms with van der Waals surface area (Å²) in [5.41, 5.74) is 0. The first-order valence-electron chi connectivity index (χ1n) is 8.82. The van der Waals surface area contributed by atoms with Crippen LogP contribution in [0.25, 0.3) is 0 Å². The highest BCUT2D eigenvalue weighted by atomic mass is 14.0. The van der Waals surface area contributed by atoms with Crippen LogP contribution in [0.2, 0.25) is 0 Å². The van der Waals surface area contributed by atoms with Gasteiger partial charge in [-0.15, -0.1) is 0 Å². The third-order valence-electron chi connectivity index (χ3n) is 4.12. The summed E-state index contributed by atoms with van der Waals surface area (Å²) in [5, 5.41) is 0. The van der Waals surface area contributed by atoms with Gasteiger partial charge in [0.05, 0.1) is 0 Å². The van der Waals surface area contributed by atoms with Gasteiger partial charge in [-0.05, 0) is 25.7 Å². The molecule has 19 heavy (non-hydrogen) atoms. The molecule has 0 bridgehead atoms. The summed E-state index contributed by atoms with van der Waals surface area (Å²) in [4.78, 5) is 0. The molecule has 0 aromatic rings. The highest BCUT2D eigenvalue weighted by Gasteiger charge is 1.94. The number of allylic oxidation sites excluding steroid dienone is 4. The highest BCUT2D eigenvalue weighted by Crippen LogP contribution is 2.13. The first kappa shape index (κ1) is 16.5. The Morgan fingerprint density at radius 3 is 0.895 bits per heavy atom. The van der Waals surface area contributed by atoms with Gasteiger partial charge < -0.3 is 0 Å². The fraction of sp³-hybridized carbons (Fsp3) is 0.789. The van der Waals surface area contributed by atoms with E-state index in [1.807, 2.05) is 0 Å². The molecule has 0 radical (unpaired) electrons. The molecule has 110 valence electrons. The van der Waals surface area contributed by atoms with E-state index in [1.54, 1.807) is 0 Å². The second-order valence-electron chi connectivity index (χ2n) is 6.03. The highest BCUT2D eigenvalue weighted by molar-refractivity contribution is 5.02. The average molecular weight is 262 g/mol. The molecule has 1 aliphatic rings. The molecule has 0 heterocycles. The van der Waals surface area contributed by atoms with Gasteiger partial charge in [0, 0.05) is 0 Å². The van der Waals surface area contributed by atoms with Crippen LogP contribution in [0.3, 0.4) is 0 Å². The van der Waals surface area contributed by atoms with E-state index in [-0.39, 0.29) is 0 Å². The second-order valence-corrected chi connectivity index (χ2v) is 6.03. The zero-order valence-corrected chi connectivity index (χ0v) is 12.9. The standard InChI is InChI=1S/C19H34/c1-2-4-6-8-10-12-14-16-18-19-17-15-13-11-9-7-5-3-1/h1-4H,5-19H2/b3-1-,4-2?. The van der Waals surface area contributed by atoms with Crippen LogP contribution in [-0.2, 0) is 0 Å². The minimum atomic E-state index is 1.27. The largest absolute Gasteiger partial charge is 0.0845 e. The lowest BCUT2D eigenvalue weighted by molar-refractivity contribution is 0.538. The summed E-state index contributed by atoms with van der Waals surface area (Å²) in [7, 11) is 0. The summed E-state index contributed by atoms with van der Waals surface area (Å²) in [6.07, 6.45) is 30.5. The molecule has 0 spiro atoms. The Morgan fingerprint density at radius 1 is 0.316 bits per heavy atom. The Hall–Kier alpha value is -0.520. The summed E-state index contributed by atoms with van der Waals surface area (Å²) >= 11 is 0. The molecular weight excluding hydrogens is 228 g/mol. The SMILES string of the molecule is C1=CCCCCCCCCCCCCCCC/C=C\1. The maximum absolute atomic E-state index is 2.34. The molecule has 0 fully saturated rings. The summed E-state index contributed by atoms with van der Waals surface area (Å²) in [6.45, 7) is 0. The molecule has 0 aliphatic heterocycles. The van der Waals surface area contributed by atoms with E-state index in [0.717, 1.165) is 0 Å². The fourth-order valence-corrected chi connectivity index (χ4v) is 2.82. The first-order valence-corrected chi connectivity index (χ1v) is 8.82. The van der Waals surface area contributed by atoms with E-state index in [2.05, 4.69) is 24.3 Å². The maximum atomic E-state index is 2.34. The van der Waals surface area contributed by atoms with Gasteiger partial charge in [0.2, 0.25) is 0 Å². The van der Waals surface area contributed by atoms with Gasteiger partial charge in [-0.2, -0.15) is 0 Å². The lowest BCUT2D eigenvalue weighted by Gasteiger charge is -2.02. The minimum absolute atomic E-state index is 1.27. The van der Waals surface area contributed by atoms with Crippen LogP contribution in [0.5, 0.6) is 0 Å². The van der Waals surface area contributed by atoms with Crippen molar-refractivity contribution in [3.05, 3.63) is 24.3 Å². The first-order chi connectivity index (χ1) is 9.50. The van der Waals surface area contributed by atoms with Gasteiger partial charge >= 0.3 is 0 Å². The zero-order chi connectivity index (χ0) is 13.4. The second kappa shape index (κ2) is 13.9. The van der Waals surface area contributed by atoms with Crippen molar-refractivity contribution in [1.82, 2.24) is 0 Å². The van der Waals surface area contributed by atoms with Crippen molar-refractivity contribution >= 4 is 0 Å². The van der Waals surface area contributed by atoms with Crippen LogP contribution in [-0.4, -0.2) is 0 Å². The van der Waals surface area contributed by atoms with E-state index >= 15 is 0 Å². The lowest BCUT2D eigenvalue weighted by Crippen LogP contribution is -1.83. The molecule has 1 rings (SSSR count). The molecule has 0 amide bonds. The van der Waals surface area contributed by atoms with Crippen LogP contribution < -0.4 is 0 Å². The number of rotatable bonds is 0. The molecule has 0 nitrogen and oxygen atoms in total. The van der Waals surface area contributed by atoms with Gasteiger partial charge in [-0.1, -0.05) is 94.9 Å². The summed E-state index contributed by atoms with van der Waals surface area (Å²) in [6, 6.07) is 0. The monoisotopic (exact) mass is 262 g/mol. The predicted molar refractivity (Wildman–Crippen MR) is 87.5 cm³/mol. The van der Waals surface area contributed by atoms with E-state index in [0.29, 0.717) is 0 Å². The third-order valence-corrected chi connectivity index (χ3v) is 4.12. The van der Waals surface area contributed by atoms with Crippen molar-refractivity contribution in [2.24, 2.45) is 0 Å². The normalized spacial score (nSPS) is 24.0. The molecule has 0 saturated carbocycles. The molecular formula is C19H34. The van der Waals surface area contributed by atoms with Crippen LogP contribution in [0.15, 0.2) is 24.3 Å². The van der Waals surface area contributed by atoms with Crippen molar-refractivity contribution < 1.29 is 0 Å². The van der Waals surface area contributed by atoms with Crippen molar-refractivity contribution in [2.75, 3.05) is 0 Å². The minimum Gasteiger partial charge on any atom is -0.0845 e. The molecule has 0 aromatic carbocycles. The molecule has 0 N–H and O–H groups in total. The Kier molecular flexibility index (Phi) is 12.1. The average Bonchev–Trinajstić information content (AvgIpc) is 2.43. The molecule has 0 saturated heterocycles. The molecule has 1 aliphatic carbocycles. The van der Waals surface area contributed by atoms with Crippen LogP contribution in [0.1, 0.15) is 96.3 Å². The van der Waals surface area contributed by atoms with E-state index < -0.39 is 0 Å².